The minimum atomic E-state index is -1.16. The highest BCUT2D eigenvalue weighted by Crippen LogP contribution is 2.33. The van der Waals surface area contributed by atoms with E-state index in [1.54, 1.807) is 24.3 Å². The maximum absolute atomic E-state index is 12.3. The van der Waals surface area contributed by atoms with Gasteiger partial charge in [-0.05, 0) is 24.5 Å². The maximum atomic E-state index is 12.3. The third-order valence-electron chi connectivity index (χ3n) is 4.17. The molecule has 0 radical (unpaired) electrons. The van der Waals surface area contributed by atoms with Crippen molar-refractivity contribution in [2.24, 2.45) is 11.8 Å². The topological polar surface area (TPSA) is 63.2 Å². The lowest BCUT2D eigenvalue weighted by atomic mass is 9.76. The zero-order valence-electron chi connectivity index (χ0n) is 12.1. The van der Waals surface area contributed by atoms with Gasteiger partial charge in [-0.2, -0.15) is 0 Å². The average molecular weight is 295 g/mol. The summed E-state index contributed by atoms with van der Waals surface area (Å²) < 4.78 is 0. The number of ketones is 2. The van der Waals surface area contributed by atoms with Crippen molar-refractivity contribution in [3.63, 3.8) is 0 Å². The Labute approximate surface area is 128 Å². The molecule has 4 nitrogen and oxygen atoms in total. The largest absolute Gasteiger partial charge is 0.325 e. The van der Waals surface area contributed by atoms with E-state index in [0.29, 0.717) is 5.69 Å². The van der Waals surface area contributed by atoms with Crippen LogP contribution < -0.4 is 5.32 Å². The van der Waals surface area contributed by atoms with Crippen molar-refractivity contribution in [1.82, 2.24) is 0 Å². The SMILES string of the molecule is O=C1CC(C2=CC=CC2)CC(=O)C1C(=O)Nc1ccccc1. The fraction of sp³-hybridized carbons (Fsp3) is 0.278. The molecule has 4 heteroatoms. The third-order valence-corrected chi connectivity index (χ3v) is 4.17. The molecular weight excluding hydrogens is 278 g/mol. The molecule has 0 saturated heterocycles. The summed E-state index contributed by atoms with van der Waals surface area (Å²) in [6.45, 7) is 0. The van der Waals surface area contributed by atoms with E-state index in [0.717, 1.165) is 12.0 Å². The van der Waals surface area contributed by atoms with Crippen LogP contribution in [0.15, 0.2) is 54.1 Å². The number of carbonyl (C=O) groups is 3. The number of benzene rings is 1. The molecule has 2 aliphatic rings. The second-order valence-corrected chi connectivity index (χ2v) is 5.70. The van der Waals surface area contributed by atoms with Gasteiger partial charge in [-0.15, -0.1) is 0 Å². The first-order valence-electron chi connectivity index (χ1n) is 7.42. The van der Waals surface area contributed by atoms with Crippen LogP contribution in [-0.4, -0.2) is 17.5 Å². The molecule has 22 heavy (non-hydrogen) atoms. The predicted molar refractivity (Wildman–Crippen MR) is 83.1 cm³/mol. The second-order valence-electron chi connectivity index (χ2n) is 5.70. The summed E-state index contributed by atoms with van der Waals surface area (Å²) in [6.07, 6.45) is 7.26. The van der Waals surface area contributed by atoms with E-state index in [1.165, 1.54) is 0 Å². The lowest BCUT2D eigenvalue weighted by Gasteiger charge is -2.26. The van der Waals surface area contributed by atoms with Crippen LogP contribution in [0.1, 0.15) is 19.3 Å². The minimum absolute atomic E-state index is 0.0456. The van der Waals surface area contributed by atoms with Crippen molar-refractivity contribution in [3.05, 3.63) is 54.1 Å². The fourth-order valence-electron chi connectivity index (χ4n) is 3.03. The molecule has 1 aromatic rings. The molecular formula is C18H17NO3. The van der Waals surface area contributed by atoms with E-state index in [2.05, 4.69) is 5.32 Å². The monoisotopic (exact) mass is 295 g/mol. The number of nitrogens with one attached hydrogen (secondary N) is 1. The Balaban J connectivity index is 1.69. The van der Waals surface area contributed by atoms with Crippen molar-refractivity contribution < 1.29 is 14.4 Å². The van der Waals surface area contributed by atoms with Gasteiger partial charge in [0.05, 0.1) is 0 Å². The summed E-state index contributed by atoms with van der Waals surface area (Å²) in [5.74, 6) is -2.27. The molecule has 1 saturated carbocycles. The van der Waals surface area contributed by atoms with E-state index in [4.69, 9.17) is 0 Å². The molecule has 2 aliphatic carbocycles. The van der Waals surface area contributed by atoms with Crippen molar-refractivity contribution >= 4 is 23.2 Å². The van der Waals surface area contributed by atoms with Crippen LogP contribution in [-0.2, 0) is 14.4 Å². The summed E-state index contributed by atoms with van der Waals surface area (Å²) >= 11 is 0. The second kappa shape index (κ2) is 6.10. The Bertz CT molecular complexity index is 655. The van der Waals surface area contributed by atoms with Crippen LogP contribution in [0, 0.1) is 11.8 Å². The molecule has 112 valence electrons. The van der Waals surface area contributed by atoms with Crippen molar-refractivity contribution in [2.45, 2.75) is 19.3 Å². The quantitative estimate of drug-likeness (QED) is 0.872. The number of allylic oxidation sites excluding steroid dienone is 4. The Hall–Kier alpha value is -2.49. The van der Waals surface area contributed by atoms with Gasteiger partial charge in [0.15, 0.2) is 17.5 Å². The fourth-order valence-corrected chi connectivity index (χ4v) is 3.03. The van der Waals surface area contributed by atoms with E-state index >= 15 is 0 Å². The Morgan fingerprint density at radius 1 is 1.05 bits per heavy atom. The highest BCUT2D eigenvalue weighted by atomic mass is 16.2. The Kier molecular flexibility index (Phi) is 4.00. The lowest BCUT2D eigenvalue weighted by molar-refractivity contribution is -0.142. The molecule has 1 aromatic carbocycles. The minimum Gasteiger partial charge on any atom is -0.325 e. The summed E-state index contributed by atoms with van der Waals surface area (Å²) in [4.78, 5) is 36.8. The maximum Gasteiger partial charge on any atom is 0.242 e. The number of amides is 1. The van der Waals surface area contributed by atoms with Gasteiger partial charge in [-0.1, -0.05) is 42.0 Å². The Morgan fingerprint density at radius 3 is 2.32 bits per heavy atom. The number of rotatable bonds is 3. The highest BCUT2D eigenvalue weighted by Gasteiger charge is 2.41. The van der Waals surface area contributed by atoms with E-state index in [1.807, 2.05) is 24.3 Å². The predicted octanol–water partition coefficient (Wildman–Crippen LogP) is 2.68. The van der Waals surface area contributed by atoms with E-state index < -0.39 is 11.8 Å². The van der Waals surface area contributed by atoms with Crippen LogP contribution >= 0.6 is 0 Å². The summed E-state index contributed by atoms with van der Waals surface area (Å²) in [7, 11) is 0. The first-order valence-corrected chi connectivity index (χ1v) is 7.42. The number of carbonyl (C=O) groups excluding carboxylic acids is 3. The molecule has 0 bridgehead atoms. The van der Waals surface area contributed by atoms with Crippen LogP contribution in [0.4, 0.5) is 5.69 Å². The molecule has 1 fully saturated rings. The van der Waals surface area contributed by atoms with Crippen LogP contribution in [0.3, 0.4) is 0 Å². The van der Waals surface area contributed by atoms with Crippen molar-refractivity contribution in [1.29, 1.82) is 0 Å². The molecule has 0 aliphatic heterocycles. The van der Waals surface area contributed by atoms with Crippen molar-refractivity contribution in [2.75, 3.05) is 5.32 Å². The summed E-state index contributed by atoms with van der Waals surface area (Å²) in [5, 5.41) is 2.65. The highest BCUT2D eigenvalue weighted by molar-refractivity contribution is 6.23. The summed E-state index contributed by atoms with van der Waals surface area (Å²) in [6, 6.07) is 8.87. The number of hydrogen-bond donors (Lipinski definition) is 1. The molecule has 0 heterocycles. The van der Waals surface area contributed by atoms with Crippen LogP contribution in [0.25, 0.3) is 0 Å². The van der Waals surface area contributed by atoms with Gasteiger partial charge in [0.25, 0.3) is 0 Å². The Morgan fingerprint density at radius 2 is 1.73 bits per heavy atom. The number of hydrogen-bond acceptors (Lipinski definition) is 3. The third kappa shape index (κ3) is 2.91. The lowest BCUT2D eigenvalue weighted by Crippen LogP contribution is -2.41. The molecule has 0 aromatic heterocycles. The average Bonchev–Trinajstić information content (AvgIpc) is 3.01. The van der Waals surface area contributed by atoms with Gasteiger partial charge >= 0.3 is 0 Å². The standard InChI is InChI=1S/C18H17NO3/c20-15-10-13(12-6-4-5-7-12)11-16(21)17(15)18(22)19-14-8-2-1-3-9-14/h1-6,8-9,13,17H,7,10-11H2,(H,19,22). The first kappa shape index (κ1) is 14.4. The van der Waals surface area contributed by atoms with Gasteiger partial charge in [0.2, 0.25) is 5.91 Å². The van der Waals surface area contributed by atoms with Gasteiger partial charge in [0.1, 0.15) is 0 Å². The molecule has 0 atom stereocenters. The van der Waals surface area contributed by atoms with Gasteiger partial charge < -0.3 is 5.32 Å². The molecule has 3 rings (SSSR count). The van der Waals surface area contributed by atoms with Crippen LogP contribution in [0.2, 0.25) is 0 Å². The van der Waals surface area contributed by atoms with Crippen LogP contribution in [0.5, 0.6) is 0 Å². The van der Waals surface area contributed by atoms with Gasteiger partial charge in [0, 0.05) is 18.5 Å². The normalized spacial score (nSPS) is 24.3. The molecule has 1 amide bonds. The molecule has 0 spiro atoms. The smallest absolute Gasteiger partial charge is 0.242 e. The van der Waals surface area contributed by atoms with Crippen molar-refractivity contribution in [3.8, 4) is 0 Å². The van der Waals surface area contributed by atoms with Gasteiger partial charge in [-0.3, -0.25) is 14.4 Å². The number of Topliss-reactive ketones (excluding diaryl/α,β-unsaturated/α-hetero) is 2. The zero-order valence-corrected chi connectivity index (χ0v) is 12.1. The molecule has 0 unspecified atom stereocenters. The molecule has 1 N–H and O–H groups in total. The van der Waals surface area contributed by atoms with E-state index in [9.17, 15) is 14.4 Å². The van der Waals surface area contributed by atoms with E-state index in [-0.39, 0.29) is 30.3 Å². The van der Waals surface area contributed by atoms with Gasteiger partial charge in [-0.25, -0.2) is 0 Å². The first-order chi connectivity index (χ1) is 10.6. The zero-order chi connectivity index (χ0) is 15.5. The number of anilines is 1. The summed E-state index contributed by atoms with van der Waals surface area (Å²) in [5.41, 5.74) is 1.71. The number of para-hydroxylation sites is 1.